The molecule has 97 heavy (non-hydrogen) atoms. The van der Waals surface area contributed by atoms with Gasteiger partial charge in [0.1, 0.15) is 5.78 Å². The molecule has 8 rings (SSSR count). The number of nitrogens with zero attached hydrogens (tertiary/aromatic N) is 1. The third kappa shape index (κ3) is 27.0. The first-order valence-electron chi connectivity index (χ1n) is 41.7. The van der Waals surface area contributed by atoms with Gasteiger partial charge in [0.25, 0.3) is 0 Å². The van der Waals surface area contributed by atoms with Gasteiger partial charge in [0.05, 0.1) is 38.4 Å². The van der Waals surface area contributed by atoms with Crippen molar-refractivity contribution in [3.8, 4) is 0 Å². The monoisotopic (exact) mass is 1580 g/mol. The van der Waals surface area contributed by atoms with Crippen molar-refractivity contribution in [1.82, 2.24) is 0 Å². The molecule has 0 aromatic heterocycles. The summed E-state index contributed by atoms with van der Waals surface area (Å²) in [4.78, 5) is 12.2. The molecule has 8 fully saturated rings. The standard InChI is InChI=1S/C29H48.C27H44O2.C18H32O.C16H36N.FH.I2/c1-20(2)10-8-11-21(3)27-15-16-28-26(12-9-17-29(27,28)7)14-13-25-18-22(4)24(6)23(5)19-25;1-18(2)8-6-9-19(3)23-13-14-24-22(10-7-15-27(23,24)5)12-11-21-16-25(28)20(4)26(29)17-21;1-13(2)7-5-8-14(3)15-10-11-16-17(19)9-6-12-18(15,16)4;1-5-9-13-17(14-10-6-2,15-11-7-3)16-12-8-4;;1-2/h13-14,20-23,27-28H,6,8-12,15-19H2,1-5,7H3;11-12,18-19,23-26,28-29H,4,6-10,13-17H2,1-3,5H3;13-16H,5-12H2,1-4H3;5-16H2,1-4H3;1H;/q;;;+1;;/p-1/b26-14+;22-12+;;;;/t21-,22+,23+,27+,28-,29+;19-,23+,24-,25+,26+,27+;14-,15+,16-,18+;;;/m000.../s1. The van der Waals surface area contributed by atoms with Crippen LogP contribution in [-0.2, 0) is 4.79 Å². The highest BCUT2D eigenvalue weighted by Crippen LogP contribution is 2.62. The second kappa shape index (κ2) is 45.7. The summed E-state index contributed by atoms with van der Waals surface area (Å²) >= 11 is 4.24. The first-order valence-corrected chi connectivity index (χ1v) is 47.9. The quantitative estimate of drug-likeness (QED) is 0.0446. The van der Waals surface area contributed by atoms with Gasteiger partial charge < -0.3 is 19.4 Å². The van der Waals surface area contributed by atoms with Crippen molar-refractivity contribution >= 4 is 43.0 Å². The van der Waals surface area contributed by atoms with Crippen LogP contribution >= 0.6 is 37.2 Å². The van der Waals surface area contributed by atoms with E-state index in [9.17, 15) is 15.0 Å². The zero-order valence-electron chi connectivity index (χ0n) is 67.1. The normalized spacial score (nSPS) is 31.9. The fraction of sp³-hybridized carbons (Fsp3) is 0.856. The molecule has 8 aliphatic carbocycles. The number of ketones is 1. The molecule has 8 saturated carbocycles. The summed E-state index contributed by atoms with van der Waals surface area (Å²) in [6, 6.07) is 0. The van der Waals surface area contributed by atoms with Crippen LogP contribution in [0, 0.1) is 99.1 Å². The van der Waals surface area contributed by atoms with Gasteiger partial charge in [-0.15, -0.1) is 0 Å². The number of allylic oxidation sites excluding steroid dienone is 8. The van der Waals surface area contributed by atoms with E-state index >= 15 is 0 Å². The lowest BCUT2D eigenvalue weighted by molar-refractivity contribution is -0.929. The molecule has 0 aromatic carbocycles. The molecule has 2 N–H and O–H groups in total. The lowest BCUT2D eigenvalue weighted by Crippen LogP contribution is -3.00. The number of rotatable bonds is 29. The Balaban J connectivity index is 0.000000341. The fourth-order valence-electron chi connectivity index (χ4n) is 21.5. The lowest BCUT2D eigenvalue weighted by Gasteiger charge is -2.44. The van der Waals surface area contributed by atoms with Gasteiger partial charge in [0.2, 0.25) is 0 Å². The van der Waals surface area contributed by atoms with Crippen molar-refractivity contribution in [2.75, 3.05) is 26.2 Å². The maximum Gasteiger partial charge on any atom is 0.136 e. The highest BCUT2D eigenvalue weighted by molar-refractivity contribution is 15.0. The van der Waals surface area contributed by atoms with E-state index in [1.54, 1.807) is 16.7 Å². The molecule has 0 amide bonds. The summed E-state index contributed by atoms with van der Waals surface area (Å²) in [5.74, 6) is 11.5. The molecule has 0 bridgehead atoms. The number of carbonyl (C=O) groups excluding carboxylic acids is 1. The molecule has 0 spiro atoms. The molecular formula is C90H160FI2NO3. The lowest BCUT2D eigenvalue weighted by atomic mass is 9.60. The van der Waals surface area contributed by atoms with E-state index in [0.29, 0.717) is 58.2 Å². The van der Waals surface area contributed by atoms with Crippen LogP contribution in [0.3, 0.4) is 0 Å². The van der Waals surface area contributed by atoms with Gasteiger partial charge in [-0.05, 0) is 240 Å². The Hall–Kier alpha value is -0.620. The van der Waals surface area contributed by atoms with Crippen molar-refractivity contribution in [1.29, 1.82) is 0 Å². The Morgan fingerprint density at radius 2 is 0.763 bits per heavy atom. The number of hydrogen-bond acceptors (Lipinski definition) is 3. The number of aliphatic hydroxyl groups excluding tert-OH is 2. The third-order valence-corrected chi connectivity index (χ3v) is 27.6. The van der Waals surface area contributed by atoms with Crippen LogP contribution in [0.5, 0.6) is 0 Å². The van der Waals surface area contributed by atoms with Crippen LogP contribution in [-0.4, -0.2) is 58.9 Å². The largest absolute Gasteiger partial charge is 1.00 e. The number of halogens is 3. The van der Waals surface area contributed by atoms with E-state index in [1.807, 2.05) is 0 Å². The zero-order chi connectivity index (χ0) is 71.4. The van der Waals surface area contributed by atoms with Crippen molar-refractivity contribution in [3.05, 3.63) is 70.9 Å². The van der Waals surface area contributed by atoms with Crippen molar-refractivity contribution < 1.29 is 24.2 Å². The van der Waals surface area contributed by atoms with E-state index in [2.05, 4.69) is 199 Å². The molecule has 564 valence electrons. The van der Waals surface area contributed by atoms with E-state index in [0.717, 1.165) is 83.5 Å². The third-order valence-electron chi connectivity index (χ3n) is 27.6. The zero-order valence-corrected chi connectivity index (χ0v) is 71.4. The summed E-state index contributed by atoms with van der Waals surface area (Å²) in [5, 5.41) is 20.3. The molecular weight excluding hydrogens is 1420 g/mol. The number of quaternary nitrogens is 1. The summed E-state index contributed by atoms with van der Waals surface area (Å²) < 4.78 is 1.42. The minimum Gasteiger partial charge on any atom is -1.00 e. The number of fused-ring (bicyclic) bond motifs is 3. The van der Waals surface area contributed by atoms with Gasteiger partial charge in [-0.1, -0.05) is 273 Å². The summed E-state index contributed by atoms with van der Waals surface area (Å²) in [6.45, 7) is 57.1. The van der Waals surface area contributed by atoms with E-state index in [4.69, 9.17) is 0 Å². The van der Waals surface area contributed by atoms with E-state index in [1.165, 1.54) is 242 Å². The van der Waals surface area contributed by atoms with Gasteiger partial charge in [-0.25, -0.2) is 0 Å². The predicted octanol–water partition coefficient (Wildman–Crippen LogP) is 24.7. The smallest absolute Gasteiger partial charge is 0.136 e. The van der Waals surface area contributed by atoms with Gasteiger partial charge in [-0.3, -0.25) is 4.79 Å². The Morgan fingerprint density at radius 3 is 1.09 bits per heavy atom. The highest BCUT2D eigenvalue weighted by atomic mass is 128. The van der Waals surface area contributed by atoms with Crippen LogP contribution in [0.1, 0.15) is 356 Å². The molecule has 0 saturated heterocycles. The molecule has 0 aliphatic heterocycles. The molecule has 0 unspecified atom stereocenters. The molecule has 0 aromatic rings. The maximum absolute atomic E-state index is 12.2. The topological polar surface area (TPSA) is 57.5 Å². The number of aliphatic hydroxyl groups is 2. The summed E-state index contributed by atoms with van der Waals surface area (Å²) in [7, 11) is 0. The van der Waals surface area contributed by atoms with Crippen LogP contribution in [0.25, 0.3) is 0 Å². The van der Waals surface area contributed by atoms with Gasteiger partial charge >= 0.3 is 0 Å². The number of unbranched alkanes of at least 4 members (excludes halogenated alkanes) is 4. The van der Waals surface area contributed by atoms with Gasteiger partial charge in [-0.2, -0.15) is 0 Å². The number of Topliss-reactive ketones (excluding diaryl/α,β-unsaturated/α-hetero) is 1. The SMILES string of the molecule is C=C1[C@H](C)CC(=C/C=C2\CCC[C@]3(C)[C@@H]([C@@H](C)CCCC(C)C)CC[C@@H]23)C[C@H]1C.C=C1[C@H](O)CC(=C/C=C2\CCC[C@]3(C)[C@@H]([C@@H](C)CCCC(C)C)CC[C@@H]23)C[C@H]1O.CC(C)CCC[C@H](C)[C@H]1CC[C@H]2C(=O)CCC[C@]12C.CCCC[N+](CCCC)(CCCC)CCCC.II.[F-]. The van der Waals surface area contributed by atoms with Crippen LogP contribution < -0.4 is 4.70 Å². The Kier molecular flexibility index (Phi) is 42.7. The Labute approximate surface area is 626 Å². The van der Waals surface area contributed by atoms with Crippen molar-refractivity contribution in [3.63, 3.8) is 0 Å². The van der Waals surface area contributed by atoms with E-state index in [-0.39, 0.29) is 4.70 Å². The summed E-state index contributed by atoms with van der Waals surface area (Å²) in [6.07, 6.45) is 55.2. The fourth-order valence-corrected chi connectivity index (χ4v) is 21.5. The molecule has 7 heteroatoms. The molecule has 4 nitrogen and oxygen atoms in total. The maximum atomic E-state index is 12.2. The molecule has 8 aliphatic rings. The van der Waals surface area contributed by atoms with E-state index < -0.39 is 12.2 Å². The van der Waals surface area contributed by atoms with Crippen LogP contribution in [0.2, 0.25) is 0 Å². The van der Waals surface area contributed by atoms with Gasteiger partial charge in [0, 0.05) is 49.6 Å². The second-order valence-electron chi connectivity index (χ2n) is 36.2. The second-order valence-corrected chi connectivity index (χ2v) is 36.2. The average Bonchev–Trinajstić information content (AvgIpc) is 1.61. The predicted molar refractivity (Wildman–Crippen MR) is 440 cm³/mol. The Morgan fingerprint density at radius 1 is 0.454 bits per heavy atom. The van der Waals surface area contributed by atoms with Crippen molar-refractivity contribution in [2.45, 2.75) is 368 Å². The average molecular weight is 1580 g/mol. The number of hydrogen-bond donors (Lipinski definition) is 2. The number of carbonyl (C=O) groups is 1. The van der Waals surface area contributed by atoms with Crippen molar-refractivity contribution in [2.24, 2.45) is 99.1 Å². The molecule has 0 heterocycles. The van der Waals surface area contributed by atoms with Crippen LogP contribution in [0.4, 0.5) is 0 Å². The highest BCUT2D eigenvalue weighted by Gasteiger charge is 2.54. The first-order chi connectivity index (χ1) is 45.6. The molecule has 0 radical (unpaired) electrons. The van der Waals surface area contributed by atoms with Crippen LogP contribution in [0.15, 0.2) is 70.9 Å². The Bertz CT molecular complexity index is 2200. The minimum absolute atomic E-state index is 0. The first kappa shape index (κ1) is 90.6. The molecule has 16 atom stereocenters. The van der Waals surface area contributed by atoms with Gasteiger partial charge in [0.15, 0.2) is 0 Å². The summed E-state index contributed by atoms with van der Waals surface area (Å²) in [5.41, 5.74) is 9.62. The minimum atomic E-state index is -0.595.